The molecule has 5 heteroatoms. The molecule has 1 aliphatic heterocycles. The molecule has 2 N–H and O–H groups in total. The van der Waals surface area contributed by atoms with Crippen molar-refractivity contribution < 1.29 is 5.11 Å². The van der Waals surface area contributed by atoms with Gasteiger partial charge >= 0.3 is 0 Å². The van der Waals surface area contributed by atoms with Crippen LogP contribution in [-0.2, 0) is 0 Å². The van der Waals surface area contributed by atoms with E-state index in [0.717, 1.165) is 43.7 Å². The summed E-state index contributed by atoms with van der Waals surface area (Å²) in [6.07, 6.45) is 1.09. The molecule has 21 heavy (non-hydrogen) atoms. The molecule has 1 aromatic carbocycles. The first-order chi connectivity index (χ1) is 9.09. The molecule has 0 aliphatic carbocycles. The Morgan fingerprint density at radius 1 is 1.19 bits per heavy atom. The number of hydrogen-bond donors (Lipinski definition) is 2. The number of phenols is 1. The van der Waals surface area contributed by atoms with E-state index in [9.17, 15) is 5.11 Å². The summed E-state index contributed by atoms with van der Waals surface area (Å²) in [5.41, 5.74) is 2.07. The Morgan fingerprint density at radius 2 is 1.81 bits per heavy atom. The zero-order chi connectivity index (χ0) is 13.8. The van der Waals surface area contributed by atoms with Crippen molar-refractivity contribution in [3.63, 3.8) is 0 Å². The van der Waals surface area contributed by atoms with Crippen LogP contribution in [0, 0.1) is 12.8 Å². The monoisotopic (exact) mass is 334 g/mol. The van der Waals surface area contributed by atoms with E-state index < -0.39 is 0 Å². The second-order valence-corrected chi connectivity index (χ2v) is 5.94. The molecule has 1 atom stereocenters. The number of benzene rings is 1. The van der Waals surface area contributed by atoms with Gasteiger partial charge in [-0.15, -0.1) is 24.8 Å². The number of halogens is 2. The van der Waals surface area contributed by atoms with Crippen molar-refractivity contribution in [2.45, 2.75) is 33.2 Å². The van der Waals surface area contributed by atoms with E-state index >= 15 is 0 Å². The number of hydrogen-bond acceptors (Lipinski definition) is 3. The van der Waals surface area contributed by atoms with Gasteiger partial charge in [0.1, 0.15) is 5.75 Å². The highest BCUT2D eigenvalue weighted by Crippen LogP contribution is 2.35. The maximum absolute atomic E-state index is 10.4. The van der Waals surface area contributed by atoms with Gasteiger partial charge < -0.3 is 10.4 Å². The van der Waals surface area contributed by atoms with Crippen molar-refractivity contribution in [2.24, 2.45) is 5.92 Å². The Hall–Kier alpha value is -0.480. The predicted molar refractivity (Wildman–Crippen MR) is 94.0 cm³/mol. The number of rotatable bonds is 4. The third kappa shape index (κ3) is 5.33. The van der Waals surface area contributed by atoms with Crippen LogP contribution >= 0.6 is 24.8 Å². The lowest BCUT2D eigenvalue weighted by Crippen LogP contribution is -2.45. The van der Waals surface area contributed by atoms with Gasteiger partial charge in [0.25, 0.3) is 0 Å². The zero-order valence-corrected chi connectivity index (χ0v) is 14.8. The number of piperazine rings is 1. The molecule has 122 valence electrons. The Balaban J connectivity index is 0.00000200. The summed E-state index contributed by atoms with van der Waals surface area (Å²) < 4.78 is 0. The number of aryl methyl sites for hydroxylation is 1. The van der Waals surface area contributed by atoms with Crippen LogP contribution in [0.3, 0.4) is 0 Å². The third-order valence-electron chi connectivity index (χ3n) is 3.91. The first-order valence-electron chi connectivity index (χ1n) is 7.33. The molecule has 0 amide bonds. The van der Waals surface area contributed by atoms with Crippen molar-refractivity contribution in [1.29, 1.82) is 0 Å². The van der Waals surface area contributed by atoms with Gasteiger partial charge in [0.15, 0.2) is 0 Å². The third-order valence-corrected chi connectivity index (χ3v) is 3.91. The van der Waals surface area contributed by atoms with E-state index in [2.05, 4.69) is 36.2 Å². The molecule has 1 aliphatic rings. The first-order valence-corrected chi connectivity index (χ1v) is 7.33. The fourth-order valence-electron chi connectivity index (χ4n) is 2.86. The standard InChI is InChI=1S/C16H26N2O.2ClH/c1-12(2)11-15(18-9-7-17-8-10-18)14-6-4-5-13(3)16(14)19;;/h4-6,12,15,17,19H,7-11H2,1-3H3;2*1H/t15-;;/m1../s1. The molecule has 2 rings (SSSR count). The molecule has 1 saturated heterocycles. The number of nitrogens with zero attached hydrogens (tertiary/aromatic N) is 1. The lowest BCUT2D eigenvalue weighted by Gasteiger charge is -2.36. The lowest BCUT2D eigenvalue weighted by atomic mass is 9.93. The van der Waals surface area contributed by atoms with Crippen molar-refractivity contribution in [3.8, 4) is 5.75 Å². The maximum Gasteiger partial charge on any atom is 0.123 e. The normalized spacial score (nSPS) is 17.0. The zero-order valence-electron chi connectivity index (χ0n) is 13.1. The van der Waals surface area contributed by atoms with Gasteiger partial charge in [-0.05, 0) is 24.8 Å². The van der Waals surface area contributed by atoms with Gasteiger partial charge in [-0.2, -0.15) is 0 Å². The Kier molecular flexibility index (Phi) is 9.30. The van der Waals surface area contributed by atoms with E-state index in [-0.39, 0.29) is 24.8 Å². The van der Waals surface area contributed by atoms with E-state index in [1.807, 2.05) is 13.0 Å². The number of aromatic hydroxyl groups is 1. The Morgan fingerprint density at radius 3 is 2.38 bits per heavy atom. The van der Waals surface area contributed by atoms with Crippen LogP contribution < -0.4 is 5.32 Å². The molecule has 0 spiro atoms. The maximum atomic E-state index is 10.4. The highest BCUT2D eigenvalue weighted by molar-refractivity contribution is 5.85. The van der Waals surface area contributed by atoms with Crippen molar-refractivity contribution in [2.75, 3.05) is 26.2 Å². The molecule has 0 radical (unpaired) electrons. The molecule has 0 saturated carbocycles. The minimum Gasteiger partial charge on any atom is -0.507 e. The van der Waals surface area contributed by atoms with Crippen LogP contribution in [0.1, 0.15) is 37.4 Å². The van der Waals surface area contributed by atoms with Crippen LogP contribution in [0.25, 0.3) is 0 Å². The molecule has 3 nitrogen and oxygen atoms in total. The quantitative estimate of drug-likeness (QED) is 0.883. The summed E-state index contributed by atoms with van der Waals surface area (Å²) >= 11 is 0. The highest BCUT2D eigenvalue weighted by atomic mass is 35.5. The summed E-state index contributed by atoms with van der Waals surface area (Å²) in [4.78, 5) is 2.50. The minimum absolute atomic E-state index is 0. The molecule has 0 unspecified atom stereocenters. The van der Waals surface area contributed by atoms with Crippen LogP contribution in [0.5, 0.6) is 5.75 Å². The molecule has 1 heterocycles. The SMILES string of the molecule is Cc1cccc([C@@H](CC(C)C)N2CCNCC2)c1O.Cl.Cl. The van der Waals surface area contributed by atoms with Gasteiger partial charge in [0, 0.05) is 37.8 Å². The number of nitrogens with one attached hydrogen (secondary N) is 1. The van der Waals surface area contributed by atoms with Gasteiger partial charge in [0.2, 0.25) is 0 Å². The van der Waals surface area contributed by atoms with Gasteiger partial charge in [-0.3, -0.25) is 4.90 Å². The number of phenolic OH excluding ortho intramolecular Hbond substituents is 1. The van der Waals surface area contributed by atoms with E-state index in [1.54, 1.807) is 0 Å². The molecule has 1 aromatic rings. The fourth-order valence-corrected chi connectivity index (χ4v) is 2.86. The van der Waals surface area contributed by atoms with E-state index in [4.69, 9.17) is 0 Å². The predicted octanol–water partition coefficient (Wildman–Crippen LogP) is 3.54. The van der Waals surface area contributed by atoms with Crippen LogP contribution in [0.2, 0.25) is 0 Å². The fraction of sp³-hybridized carbons (Fsp3) is 0.625. The molecular weight excluding hydrogens is 307 g/mol. The average Bonchev–Trinajstić information content (AvgIpc) is 2.40. The second-order valence-electron chi connectivity index (χ2n) is 5.94. The smallest absolute Gasteiger partial charge is 0.123 e. The first kappa shape index (κ1) is 20.5. The molecule has 1 fully saturated rings. The van der Waals surface area contributed by atoms with Crippen LogP contribution in [0.15, 0.2) is 18.2 Å². The van der Waals surface area contributed by atoms with Gasteiger partial charge in [0.05, 0.1) is 0 Å². The average molecular weight is 335 g/mol. The van der Waals surface area contributed by atoms with E-state index in [0.29, 0.717) is 17.7 Å². The molecule has 0 aromatic heterocycles. The van der Waals surface area contributed by atoms with Crippen molar-refractivity contribution in [1.82, 2.24) is 10.2 Å². The summed E-state index contributed by atoms with van der Waals surface area (Å²) in [5.74, 6) is 1.10. The lowest BCUT2D eigenvalue weighted by molar-refractivity contribution is 0.151. The van der Waals surface area contributed by atoms with Crippen LogP contribution in [-0.4, -0.2) is 36.2 Å². The Labute approximate surface area is 140 Å². The van der Waals surface area contributed by atoms with Crippen molar-refractivity contribution in [3.05, 3.63) is 29.3 Å². The van der Waals surface area contributed by atoms with Gasteiger partial charge in [-0.25, -0.2) is 0 Å². The summed E-state index contributed by atoms with van der Waals surface area (Å²) in [5, 5.41) is 13.8. The van der Waals surface area contributed by atoms with Crippen LogP contribution in [0.4, 0.5) is 0 Å². The summed E-state index contributed by atoms with van der Waals surface area (Å²) in [7, 11) is 0. The summed E-state index contributed by atoms with van der Waals surface area (Å²) in [6.45, 7) is 10.7. The second kappa shape index (κ2) is 9.52. The Bertz CT molecular complexity index is 421. The molecule has 0 bridgehead atoms. The number of para-hydroxylation sites is 1. The van der Waals surface area contributed by atoms with E-state index in [1.165, 1.54) is 0 Å². The summed E-state index contributed by atoms with van der Waals surface area (Å²) in [6, 6.07) is 6.45. The topological polar surface area (TPSA) is 35.5 Å². The molecular formula is C16H28Cl2N2O. The minimum atomic E-state index is 0. The largest absolute Gasteiger partial charge is 0.507 e. The highest BCUT2D eigenvalue weighted by Gasteiger charge is 2.25. The van der Waals surface area contributed by atoms with Crippen molar-refractivity contribution >= 4 is 24.8 Å². The van der Waals surface area contributed by atoms with Gasteiger partial charge in [-0.1, -0.05) is 32.0 Å².